The first-order chi connectivity index (χ1) is 16.7. The SMILES string of the molecule is Cc1c(C)c2c(c(C)c1OC(=O)c1cccnc1)CCC(C)(CC(C)OC(=O)c1cccnc1)O2. The number of carbonyl (C=O) groups excluding carboxylic acids is 2. The number of esters is 2. The Morgan fingerprint density at radius 2 is 1.63 bits per heavy atom. The molecule has 0 spiro atoms. The van der Waals surface area contributed by atoms with Gasteiger partial charge in [0.15, 0.2) is 0 Å². The number of ether oxygens (including phenoxy) is 3. The standard InChI is InChI=1S/C28H30N2O5/c1-17(33-26(31)21-8-6-12-29-15-21)14-28(5)11-10-23-20(4)24(18(2)19(3)25(23)35-28)34-27(32)22-9-7-13-30-16-22/h6-9,12-13,15-17H,10-11,14H2,1-5H3. The molecule has 0 saturated heterocycles. The highest BCUT2D eigenvalue weighted by atomic mass is 16.5. The van der Waals surface area contributed by atoms with E-state index < -0.39 is 17.5 Å². The van der Waals surface area contributed by atoms with Gasteiger partial charge in [-0.1, -0.05) is 0 Å². The molecule has 0 radical (unpaired) electrons. The average molecular weight is 475 g/mol. The van der Waals surface area contributed by atoms with E-state index in [2.05, 4.69) is 9.97 Å². The van der Waals surface area contributed by atoms with Gasteiger partial charge in [0.1, 0.15) is 23.2 Å². The molecule has 1 aliphatic heterocycles. The monoisotopic (exact) mass is 474 g/mol. The summed E-state index contributed by atoms with van der Waals surface area (Å²) in [5.41, 5.74) is 4.07. The van der Waals surface area contributed by atoms with Crippen LogP contribution in [0, 0.1) is 20.8 Å². The Bertz CT molecular complexity index is 1240. The first-order valence-corrected chi connectivity index (χ1v) is 11.7. The van der Waals surface area contributed by atoms with Gasteiger partial charge in [-0.3, -0.25) is 9.97 Å². The molecular weight excluding hydrogens is 444 g/mol. The first kappa shape index (κ1) is 24.4. The molecule has 3 aromatic rings. The summed E-state index contributed by atoms with van der Waals surface area (Å²) in [5.74, 6) is 0.560. The van der Waals surface area contributed by atoms with Crippen LogP contribution in [0.5, 0.6) is 11.5 Å². The van der Waals surface area contributed by atoms with Crippen molar-refractivity contribution in [3.63, 3.8) is 0 Å². The number of pyridine rings is 2. The van der Waals surface area contributed by atoms with Crippen LogP contribution in [0.2, 0.25) is 0 Å². The Labute approximate surface area is 205 Å². The van der Waals surface area contributed by atoms with Crippen molar-refractivity contribution in [2.45, 2.75) is 65.6 Å². The lowest BCUT2D eigenvalue weighted by molar-refractivity contribution is -0.00816. The van der Waals surface area contributed by atoms with Gasteiger partial charge in [-0.05, 0) is 88.4 Å². The molecule has 2 atom stereocenters. The van der Waals surface area contributed by atoms with Crippen LogP contribution in [0.25, 0.3) is 0 Å². The fraction of sp³-hybridized carbons (Fsp3) is 0.357. The van der Waals surface area contributed by atoms with Crippen LogP contribution in [-0.2, 0) is 11.2 Å². The second-order valence-electron chi connectivity index (χ2n) is 9.36. The molecule has 2 unspecified atom stereocenters. The van der Waals surface area contributed by atoms with Crippen molar-refractivity contribution in [3.05, 3.63) is 82.4 Å². The molecule has 0 amide bonds. The third-order valence-corrected chi connectivity index (χ3v) is 6.58. The van der Waals surface area contributed by atoms with Crippen molar-refractivity contribution >= 4 is 11.9 Å². The summed E-state index contributed by atoms with van der Waals surface area (Å²) in [6.07, 6.45) is 7.95. The summed E-state index contributed by atoms with van der Waals surface area (Å²) in [6, 6.07) is 6.78. The normalized spacial score (nSPS) is 17.6. The van der Waals surface area contributed by atoms with Crippen molar-refractivity contribution in [3.8, 4) is 11.5 Å². The minimum absolute atomic E-state index is 0.337. The Morgan fingerprint density at radius 1 is 1.00 bits per heavy atom. The topological polar surface area (TPSA) is 87.6 Å². The Balaban J connectivity index is 1.51. The van der Waals surface area contributed by atoms with Crippen LogP contribution < -0.4 is 9.47 Å². The number of nitrogens with zero attached hydrogens (tertiary/aromatic N) is 2. The zero-order valence-corrected chi connectivity index (χ0v) is 20.8. The highest BCUT2D eigenvalue weighted by Gasteiger charge is 2.37. The summed E-state index contributed by atoms with van der Waals surface area (Å²) in [7, 11) is 0. The molecule has 1 aliphatic rings. The second-order valence-corrected chi connectivity index (χ2v) is 9.36. The molecule has 0 fully saturated rings. The summed E-state index contributed by atoms with van der Waals surface area (Å²) >= 11 is 0. The number of fused-ring (bicyclic) bond motifs is 1. The molecule has 182 valence electrons. The van der Waals surface area contributed by atoms with E-state index >= 15 is 0 Å². The first-order valence-electron chi connectivity index (χ1n) is 11.7. The molecule has 0 aliphatic carbocycles. The molecule has 35 heavy (non-hydrogen) atoms. The van der Waals surface area contributed by atoms with Crippen molar-refractivity contribution in [1.82, 2.24) is 9.97 Å². The number of carbonyl (C=O) groups is 2. The van der Waals surface area contributed by atoms with E-state index in [0.717, 1.165) is 40.8 Å². The van der Waals surface area contributed by atoms with E-state index in [9.17, 15) is 9.59 Å². The third kappa shape index (κ3) is 5.19. The fourth-order valence-electron chi connectivity index (χ4n) is 4.60. The molecule has 2 aromatic heterocycles. The summed E-state index contributed by atoms with van der Waals surface area (Å²) in [5, 5.41) is 0. The Kier molecular flexibility index (Phi) is 6.87. The number of hydrogen-bond acceptors (Lipinski definition) is 7. The predicted octanol–water partition coefficient (Wildman–Crippen LogP) is 5.34. The number of aromatic nitrogens is 2. The van der Waals surface area contributed by atoms with Crippen LogP contribution in [0.15, 0.2) is 49.1 Å². The van der Waals surface area contributed by atoms with Gasteiger partial charge in [0.2, 0.25) is 0 Å². The van der Waals surface area contributed by atoms with Gasteiger partial charge in [-0.25, -0.2) is 9.59 Å². The number of benzene rings is 1. The van der Waals surface area contributed by atoms with Crippen LogP contribution in [0.1, 0.15) is 69.7 Å². The third-order valence-electron chi connectivity index (χ3n) is 6.58. The smallest absolute Gasteiger partial charge is 0.345 e. The Hall–Kier alpha value is -3.74. The van der Waals surface area contributed by atoms with Gasteiger partial charge in [-0.2, -0.15) is 0 Å². The van der Waals surface area contributed by atoms with Crippen molar-refractivity contribution in [2.75, 3.05) is 0 Å². The summed E-state index contributed by atoms with van der Waals surface area (Å²) < 4.78 is 18.0. The largest absolute Gasteiger partial charge is 0.487 e. The molecule has 1 aromatic carbocycles. The number of rotatable bonds is 6. The van der Waals surface area contributed by atoms with Gasteiger partial charge in [0.25, 0.3) is 0 Å². The van der Waals surface area contributed by atoms with Crippen molar-refractivity contribution < 1.29 is 23.8 Å². The zero-order chi connectivity index (χ0) is 25.2. The number of hydrogen-bond donors (Lipinski definition) is 0. The van der Waals surface area contributed by atoms with E-state index in [1.807, 2.05) is 34.6 Å². The quantitative estimate of drug-likeness (QED) is 0.352. The lowest BCUT2D eigenvalue weighted by Crippen LogP contribution is -2.40. The highest BCUT2D eigenvalue weighted by Crippen LogP contribution is 2.45. The lowest BCUT2D eigenvalue weighted by Gasteiger charge is -2.39. The molecule has 0 saturated carbocycles. The van der Waals surface area contributed by atoms with Crippen LogP contribution in [-0.4, -0.2) is 33.6 Å². The van der Waals surface area contributed by atoms with E-state index in [1.54, 1.807) is 36.7 Å². The summed E-state index contributed by atoms with van der Waals surface area (Å²) in [6.45, 7) is 9.80. The van der Waals surface area contributed by atoms with E-state index in [-0.39, 0.29) is 6.10 Å². The molecule has 4 rings (SSSR count). The molecule has 7 nitrogen and oxygen atoms in total. The average Bonchev–Trinajstić information content (AvgIpc) is 2.85. The predicted molar refractivity (Wildman–Crippen MR) is 131 cm³/mol. The zero-order valence-electron chi connectivity index (χ0n) is 20.8. The minimum atomic E-state index is -0.501. The van der Waals surface area contributed by atoms with Gasteiger partial charge >= 0.3 is 11.9 Å². The van der Waals surface area contributed by atoms with Crippen molar-refractivity contribution in [1.29, 1.82) is 0 Å². The van der Waals surface area contributed by atoms with Crippen LogP contribution >= 0.6 is 0 Å². The maximum Gasteiger partial charge on any atom is 0.345 e. The van der Waals surface area contributed by atoms with Crippen LogP contribution in [0.3, 0.4) is 0 Å². The summed E-state index contributed by atoms with van der Waals surface area (Å²) in [4.78, 5) is 33.1. The van der Waals surface area contributed by atoms with Gasteiger partial charge in [0, 0.05) is 36.8 Å². The van der Waals surface area contributed by atoms with Gasteiger partial charge < -0.3 is 14.2 Å². The van der Waals surface area contributed by atoms with Gasteiger partial charge in [-0.15, -0.1) is 0 Å². The molecule has 3 heterocycles. The lowest BCUT2D eigenvalue weighted by atomic mass is 9.84. The second kappa shape index (κ2) is 9.86. The minimum Gasteiger partial charge on any atom is -0.487 e. The molecule has 0 N–H and O–H groups in total. The molecule has 0 bridgehead atoms. The molecule has 7 heteroatoms. The maximum absolute atomic E-state index is 12.7. The Morgan fingerprint density at radius 3 is 2.23 bits per heavy atom. The van der Waals surface area contributed by atoms with Gasteiger partial charge in [0.05, 0.1) is 11.1 Å². The van der Waals surface area contributed by atoms with E-state index in [0.29, 0.717) is 23.3 Å². The molecular formula is C28H30N2O5. The highest BCUT2D eigenvalue weighted by molar-refractivity contribution is 5.91. The van der Waals surface area contributed by atoms with E-state index in [4.69, 9.17) is 14.2 Å². The maximum atomic E-state index is 12.7. The van der Waals surface area contributed by atoms with E-state index in [1.165, 1.54) is 12.4 Å². The fourth-order valence-corrected chi connectivity index (χ4v) is 4.60. The van der Waals surface area contributed by atoms with Crippen molar-refractivity contribution in [2.24, 2.45) is 0 Å². The van der Waals surface area contributed by atoms with Crippen LogP contribution in [0.4, 0.5) is 0 Å².